The molecular formula is C23H23NO2S. The van der Waals surface area contributed by atoms with Gasteiger partial charge in [0.05, 0.1) is 5.69 Å². The Labute approximate surface area is 164 Å². The number of rotatable bonds is 7. The van der Waals surface area contributed by atoms with Gasteiger partial charge in [0.15, 0.2) is 6.10 Å². The second-order valence-electron chi connectivity index (χ2n) is 6.18. The summed E-state index contributed by atoms with van der Waals surface area (Å²) >= 11 is 1.63. The number of benzene rings is 3. The summed E-state index contributed by atoms with van der Waals surface area (Å²) in [5.74, 6) is 0.605. The van der Waals surface area contributed by atoms with E-state index in [0.29, 0.717) is 6.42 Å². The summed E-state index contributed by atoms with van der Waals surface area (Å²) < 4.78 is 5.97. The van der Waals surface area contributed by atoms with Crippen molar-refractivity contribution in [3.63, 3.8) is 0 Å². The molecule has 0 aliphatic heterocycles. The van der Waals surface area contributed by atoms with Gasteiger partial charge in [0.2, 0.25) is 0 Å². The van der Waals surface area contributed by atoms with Gasteiger partial charge >= 0.3 is 0 Å². The molecule has 1 atom stereocenters. The standard InChI is InChI=1S/C23H23NO2S/c1-3-20(26-21-15-9-7-11-17(21)2)23(25)24-19-14-8-10-16-22(19)27-18-12-5-4-6-13-18/h4-16,20H,3H2,1-2H3,(H,24,25). The molecule has 0 aromatic heterocycles. The van der Waals surface area contributed by atoms with Crippen molar-refractivity contribution in [1.29, 1.82) is 0 Å². The van der Waals surface area contributed by atoms with Crippen LogP contribution >= 0.6 is 11.8 Å². The van der Waals surface area contributed by atoms with E-state index >= 15 is 0 Å². The van der Waals surface area contributed by atoms with E-state index in [9.17, 15) is 4.79 Å². The van der Waals surface area contributed by atoms with E-state index in [1.54, 1.807) is 11.8 Å². The Balaban J connectivity index is 1.74. The Bertz CT molecular complexity index is 896. The molecule has 0 saturated carbocycles. The molecule has 0 fully saturated rings. The van der Waals surface area contributed by atoms with E-state index in [1.807, 2.05) is 80.6 Å². The highest BCUT2D eigenvalue weighted by molar-refractivity contribution is 7.99. The van der Waals surface area contributed by atoms with Crippen LogP contribution in [0.2, 0.25) is 0 Å². The number of carbonyl (C=O) groups excluding carboxylic acids is 1. The van der Waals surface area contributed by atoms with Crippen LogP contribution in [0.15, 0.2) is 88.7 Å². The number of anilines is 1. The summed E-state index contributed by atoms with van der Waals surface area (Å²) in [6, 6.07) is 25.7. The molecule has 4 heteroatoms. The van der Waals surface area contributed by atoms with Crippen LogP contribution in [0.5, 0.6) is 5.75 Å². The van der Waals surface area contributed by atoms with E-state index in [0.717, 1.165) is 26.8 Å². The highest BCUT2D eigenvalue weighted by Crippen LogP contribution is 2.33. The zero-order valence-electron chi connectivity index (χ0n) is 15.5. The Kier molecular flexibility index (Phi) is 6.55. The van der Waals surface area contributed by atoms with Crippen molar-refractivity contribution in [2.75, 3.05) is 5.32 Å². The highest BCUT2D eigenvalue weighted by atomic mass is 32.2. The molecule has 0 radical (unpaired) electrons. The van der Waals surface area contributed by atoms with Gasteiger partial charge < -0.3 is 10.1 Å². The van der Waals surface area contributed by atoms with E-state index in [4.69, 9.17) is 4.74 Å². The number of para-hydroxylation sites is 2. The van der Waals surface area contributed by atoms with Crippen molar-refractivity contribution in [1.82, 2.24) is 0 Å². The first-order valence-corrected chi connectivity index (χ1v) is 9.84. The number of ether oxygens (including phenoxy) is 1. The largest absolute Gasteiger partial charge is 0.480 e. The molecule has 3 nitrogen and oxygen atoms in total. The van der Waals surface area contributed by atoms with Gasteiger partial charge in [-0.1, -0.05) is 67.2 Å². The molecule has 0 spiro atoms. The van der Waals surface area contributed by atoms with Crippen molar-refractivity contribution in [3.05, 3.63) is 84.4 Å². The lowest BCUT2D eigenvalue weighted by Gasteiger charge is -2.19. The third kappa shape index (κ3) is 5.14. The molecule has 3 rings (SSSR count). The highest BCUT2D eigenvalue weighted by Gasteiger charge is 2.20. The first kappa shape index (κ1) is 19.1. The van der Waals surface area contributed by atoms with Crippen molar-refractivity contribution in [2.45, 2.75) is 36.2 Å². The lowest BCUT2D eigenvalue weighted by molar-refractivity contribution is -0.122. The predicted octanol–water partition coefficient (Wildman–Crippen LogP) is 5.94. The summed E-state index contributed by atoms with van der Waals surface area (Å²) in [7, 11) is 0. The molecule has 1 N–H and O–H groups in total. The van der Waals surface area contributed by atoms with Crippen LogP contribution < -0.4 is 10.1 Å². The molecule has 0 saturated heterocycles. The maximum Gasteiger partial charge on any atom is 0.265 e. The normalized spacial score (nSPS) is 11.6. The van der Waals surface area contributed by atoms with E-state index in [1.165, 1.54) is 0 Å². The van der Waals surface area contributed by atoms with E-state index in [2.05, 4.69) is 17.4 Å². The Morgan fingerprint density at radius 2 is 1.63 bits per heavy atom. The lowest BCUT2D eigenvalue weighted by atomic mass is 10.2. The fraction of sp³-hybridized carbons (Fsp3) is 0.174. The Morgan fingerprint density at radius 3 is 2.37 bits per heavy atom. The molecule has 3 aromatic rings. The fourth-order valence-electron chi connectivity index (χ4n) is 2.65. The number of carbonyl (C=O) groups is 1. The second-order valence-corrected chi connectivity index (χ2v) is 7.30. The number of hydrogen-bond donors (Lipinski definition) is 1. The number of nitrogens with one attached hydrogen (secondary N) is 1. The minimum atomic E-state index is -0.541. The smallest absolute Gasteiger partial charge is 0.265 e. The van der Waals surface area contributed by atoms with Gasteiger partial charge in [-0.25, -0.2) is 0 Å². The molecule has 1 unspecified atom stereocenters. The first-order valence-electron chi connectivity index (χ1n) is 9.02. The van der Waals surface area contributed by atoms with Crippen LogP contribution in [-0.2, 0) is 4.79 Å². The summed E-state index contributed by atoms with van der Waals surface area (Å²) in [5.41, 5.74) is 1.81. The molecule has 0 aliphatic rings. The van der Waals surface area contributed by atoms with Gasteiger partial charge in [-0.2, -0.15) is 0 Å². The van der Waals surface area contributed by atoms with E-state index in [-0.39, 0.29) is 5.91 Å². The zero-order chi connectivity index (χ0) is 19.1. The maximum absolute atomic E-state index is 12.8. The third-order valence-electron chi connectivity index (χ3n) is 4.14. The van der Waals surface area contributed by atoms with Gasteiger partial charge in [-0.3, -0.25) is 4.79 Å². The van der Waals surface area contributed by atoms with Gasteiger partial charge in [0.25, 0.3) is 5.91 Å². The molecule has 0 aliphatic carbocycles. The summed E-state index contributed by atoms with van der Waals surface area (Å²) in [6.07, 6.45) is 0.0506. The van der Waals surface area contributed by atoms with Crippen LogP contribution in [0.3, 0.4) is 0 Å². The lowest BCUT2D eigenvalue weighted by Crippen LogP contribution is -2.32. The average molecular weight is 378 g/mol. The van der Waals surface area contributed by atoms with Crippen LogP contribution in [0.4, 0.5) is 5.69 Å². The van der Waals surface area contributed by atoms with Gasteiger partial charge in [-0.15, -0.1) is 0 Å². The first-order chi connectivity index (χ1) is 13.2. The second kappa shape index (κ2) is 9.28. The van der Waals surface area contributed by atoms with Crippen molar-refractivity contribution < 1.29 is 9.53 Å². The molecule has 0 bridgehead atoms. The topological polar surface area (TPSA) is 38.3 Å². The molecule has 0 heterocycles. The van der Waals surface area contributed by atoms with Crippen molar-refractivity contribution in [2.24, 2.45) is 0 Å². The van der Waals surface area contributed by atoms with Crippen LogP contribution in [0.1, 0.15) is 18.9 Å². The number of amides is 1. The fourth-order valence-corrected chi connectivity index (χ4v) is 3.57. The predicted molar refractivity (Wildman–Crippen MR) is 112 cm³/mol. The minimum Gasteiger partial charge on any atom is -0.480 e. The van der Waals surface area contributed by atoms with Crippen LogP contribution in [0, 0.1) is 6.92 Å². The van der Waals surface area contributed by atoms with Crippen LogP contribution in [0.25, 0.3) is 0 Å². The average Bonchev–Trinajstić information content (AvgIpc) is 2.69. The van der Waals surface area contributed by atoms with Gasteiger partial charge in [0.1, 0.15) is 5.75 Å². The summed E-state index contributed by atoms with van der Waals surface area (Å²) in [6.45, 7) is 3.93. The molecule has 3 aromatic carbocycles. The van der Waals surface area contributed by atoms with Gasteiger partial charge in [-0.05, 0) is 49.2 Å². The molecule has 27 heavy (non-hydrogen) atoms. The SMILES string of the molecule is CCC(Oc1ccccc1C)C(=O)Nc1ccccc1Sc1ccccc1. The summed E-state index contributed by atoms with van der Waals surface area (Å²) in [4.78, 5) is 14.9. The summed E-state index contributed by atoms with van der Waals surface area (Å²) in [5, 5.41) is 3.04. The molecule has 1 amide bonds. The minimum absolute atomic E-state index is 0.137. The Hall–Kier alpha value is -2.72. The third-order valence-corrected chi connectivity index (χ3v) is 5.23. The zero-order valence-corrected chi connectivity index (χ0v) is 16.3. The number of aryl methyl sites for hydroxylation is 1. The molecule has 138 valence electrons. The maximum atomic E-state index is 12.8. The van der Waals surface area contributed by atoms with Crippen molar-refractivity contribution in [3.8, 4) is 5.75 Å². The quantitative estimate of drug-likeness (QED) is 0.553. The monoisotopic (exact) mass is 377 g/mol. The molecular weight excluding hydrogens is 354 g/mol. The van der Waals surface area contributed by atoms with Gasteiger partial charge in [0, 0.05) is 9.79 Å². The van der Waals surface area contributed by atoms with Crippen LogP contribution in [-0.4, -0.2) is 12.0 Å². The van der Waals surface area contributed by atoms with Crippen molar-refractivity contribution >= 4 is 23.4 Å². The number of hydrogen-bond acceptors (Lipinski definition) is 3. The Morgan fingerprint density at radius 1 is 0.963 bits per heavy atom. The van der Waals surface area contributed by atoms with E-state index < -0.39 is 6.10 Å².